The summed E-state index contributed by atoms with van der Waals surface area (Å²) in [6.07, 6.45) is 3.11. The third kappa shape index (κ3) is 2.18. The van der Waals surface area contributed by atoms with Crippen LogP contribution < -0.4 is 5.76 Å². The summed E-state index contributed by atoms with van der Waals surface area (Å²) in [6.45, 7) is 1.81. The fraction of sp³-hybridized carbons (Fsp3) is 0.0714. The lowest BCUT2D eigenvalue weighted by Gasteiger charge is -2.03. The van der Waals surface area contributed by atoms with Crippen LogP contribution >= 0.6 is 15.9 Å². The first-order valence-electron chi connectivity index (χ1n) is 5.83. The highest BCUT2D eigenvalue weighted by molar-refractivity contribution is 9.10. The van der Waals surface area contributed by atoms with E-state index < -0.39 is 5.76 Å². The van der Waals surface area contributed by atoms with Crippen molar-refractivity contribution in [3.63, 3.8) is 0 Å². The zero-order chi connectivity index (χ0) is 14.3. The number of H-pyrrole nitrogens is 1. The van der Waals surface area contributed by atoms with Gasteiger partial charge in [0.1, 0.15) is 0 Å². The molecule has 2 heterocycles. The maximum Gasteiger partial charge on any atom is 0.417 e. The van der Waals surface area contributed by atoms with Gasteiger partial charge in [-0.05, 0) is 46.6 Å². The number of benzene rings is 1. The summed E-state index contributed by atoms with van der Waals surface area (Å²) in [5, 5.41) is 0. The molecule has 0 radical (unpaired) electrons. The Bertz CT molecular complexity index is 880. The van der Waals surface area contributed by atoms with Gasteiger partial charge in [-0.3, -0.25) is 14.8 Å². The van der Waals surface area contributed by atoms with E-state index in [2.05, 4.69) is 25.9 Å². The van der Waals surface area contributed by atoms with Crippen molar-refractivity contribution in [3.8, 4) is 0 Å². The highest BCUT2D eigenvalue weighted by Crippen LogP contribution is 2.20. The number of ketones is 1. The summed E-state index contributed by atoms with van der Waals surface area (Å²) in [4.78, 5) is 30.2. The molecule has 0 aliphatic rings. The minimum atomic E-state index is -0.531. The van der Waals surface area contributed by atoms with Crippen molar-refractivity contribution in [2.75, 3.05) is 0 Å². The summed E-state index contributed by atoms with van der Waals surface area (Å²) in [6, 6.07) is 4.97. The smallest absolute Gasteiger partial charge is 0.408 e. The molecule has 2 aromatic heterocycles. The summed E-state index contributed by atoms with van der Waals surface area (Å²) in [5.74, 6) is -0.704. The average molecular weight is 333 g/mol. The monoisotopic (exact) mass is 332 g/mol. The van der Waals surface area contributed by atoms with Crippen LogP contribution in [0.1, 0.15) is 21.5 Å². The molecule has 0 aliphatic heterocycles. The number of hydrogen-bond donors (Lipinski definition) is 1. The number of pyridine rings is 1. The van der Waals surface area contributed by atoms with Gasteiger partial charge < -0.3 is 4.42 Å². The highest BCUT2D eigenvalue weighted by Gasteiger charge is 2.14. The first kappa shape index (κ1) is 12.8. The minimum absolute atomic E-state index is 0.173. The molecule has 3 aromatic rings. The van der Waals surface area contributed by atoms with E-state index in [-0.39, 0.29) is 5.78 Å². The molecule has 0 saturated heterocycles. The Kier molecular flexibility index (Phi) is 3.02. The van der Waals surface area contributed by atoms with E-state index in [9.17, 15) is 9.59 Å². The number of halogens is 1. The molecule has 0 atom stereocenters. The molecule has 0 spiro atoms. The van der Waals surface area contributed by atoms with E-state index in [0.29, 0.717) is 22.2 Å². The van der Waals surface area contributed by atoms with Gasteiger partial charge in [-0.2, -0.15) is 0 Å². The standard InChI is InChI=1S/C14H9BrN2O3/c1-7-2-8(4-11-12(7)17-14(19)20-11)13(18)9-3-10(15)6-16-5-9/h2-6H,1H3,(H,17,19). The molecule has 0 unspecified atom stereocenters. The first-order valence-corrected chi connectivity index (χ1v) is 6.62. The molecule has 0 fully saturated rings. The Balaban J connectivity index is 2.14. The Labute approximate surface area is 121 Å². The van der Waals surface area contributed by atoms with Crippen molar-refractivity contribution in [2.45, 2.75) is 6.92 Å². The summed E-state index contributed by atoms with van der Waals surface area (Å²) < 4.78 is 5.74. The predicted molar refractivity (Wildman–Crippen MR) is 76.9 cm³/mol. The van der Waals surface area contributed by atoms with Crippen molar-refractivity contribution in [1.82, 2.24) is 9.97 Å². The molecule has 1 N–H and O–H groups in total. The summed E-state index contributed by atoms with van der Waals surface area (Å²) >= 11 is 3.28. The van der Waals surface area contributed by atoms with Gasteiger partial charge in [0.05, 0.1) is 5.52 Å². The lowest BCUT2D eigenvalue weighted by molar-refractivity contribution is 0.103. The molecular weight excluding hydrogens is 324 g/mol. The molecule has 0 bridgehead atoms. The third-order valence-electron chi connectivity index (χ3n) is 2.96. The van der Waals surface area contributed by atoms with Gasteiger partial charge in [0.25, 0.3) is 0 Å². The van der Waals surface area contributed by atoms with Crippen LogP contribution in [0.2, 0.25) is 0 Å². The second kappa shape index (κ2) is 4.72. The summed E-state index contributed by atoms with van der Waals surface area (Å²) in [5.41, 5.74) is 2.69. The molecule has 100 valence electrons. The molecule has 0 aliphatic carbocycles. The molecule has 0 amide bonds. The highest BCUT2D eigenvalue weighted by atomic mass is 79.9. The quantitative estimate of drug-likeness (QED) is 0.732. The molecule has 5 nitrogen and oxygen atoms in total. The van der Waals surface area contributed by atoms with Crippen molar-refractivity contribution in [1.29, 1.82) is 0 Å². The summed E-state index contributed by atoms with van der Waals surface area (Å²) in [7, 11) is 0. The third-order valence-corrected chi connectivity index (χ3v) is 3.39. The second-order valence-corrected chi connectivity index (χ2v) is 5.32. The first-order chi connectivity index (χ1) is 9.54. The number of carbonyl (C=O) groups is 1. The fourth-order valence-electron chi connectivity index (χ4n) is 2.06. The average Bonchev–Trinajstić information content (AvgIpc) is 2.79. The van der Waals surface area contributed by atoms with Crippen molar-refractivity contribution >= 4 is 32.8 Å². The lowest BCUT2D eigenvalue weighted by Crippen LogP contribution is -2.02. The van der Waals surface area contributed by atoms with Crippen molar-refractivity contribution < 1.29 is 9.21 Å². The Hall–Kier alpha value is -2.21. The van der Waals surface area contributed by atoms with Gasteiger partial charge >= 0.3 is 5.76 Å². The van der Waals surface area contributed by atoms with Gasteiger partial charge in [-0.25, -0.2) is 4.79 Å². The minimum Gasteiger partial charge on any atom is -0.408 e. The lowest BCUT2D eigenvalue weighted by atomic mass is 10.0. The van der Waals surface area contributed by atoms with E-state index in [4.69, 9.17) is 4.42 Å². The Morgan fingerprint density at radius 3 is 2.80 bits per heavy atom. The van der Waals surface area contributed by atoms with Crippen molar-refractivity contribution in [2.24, 2.45) is 0 Å². The maximum atomic E-state index is 12.4. The topological polar surface area (TPSA) is 76.0 Å². The number of oxazole rings is 1. The van der Waals surface area contributed by atoms with Crippen molar-refractivity contribution in [3.05, 3.63) is 62.3 Å². The van der Waals surface area contributed by atoms with Crippen LogP contribution in [0.5, 0.6) is 0 Å². The normalized spacial score (nSPS) is 10.9. The number of fused-ring (bicyclic) bond motifs is 1. The van der Waals surface area contributed by atoms with Gasteiger partial charge in [0.15, 0.2) is 11.4 Å². The van der Waals surface area contributed by atoms with Crippen LogP contribution in [-0.2, 0) is 0 Å². The molecular formula is C14H9BrN2O3. The van der Waals surface area contributed by atoms with E-state index in [1.165, 1.54) is 6.20 Å². The number of carbonyl (C=O) groups excluding carboxylic acids is 1. The Morgan fingerprint density at radius 1 is 1.25 bits per heavy atom. The number of nitrogens with zero attached hydrogens (tertiary/aromatic N) is 1. The molecule has 3 rings (SSSR count). The van der Waals surface area contributed by atoms with E-state index in [1.54, 1.807) is 24.4 Å². The number of aromatic amines is 1. The van der Waals surface area contributed by atoms with Gasteiger partial charge in [-0.1, -0.05) is 0 Å². The molecule has 6 heteroatoms. The molecule has 0 saturated carbocycles. The number of rotatable bonds is 2. The van der Waals surface area contributed by atoms with Crippen LogP contribution in [0.25, 0.3) is 11.1 Å². The molecule has 1 aromatic carbocycles. The number of hydrogen-bond acceptors (Lipinski definition) is 4. The van der Waals surface area contributed by atoms with Gasteiger partial charge in [0.2, 0.25) is 0 Å². The second-order valence-electron chi connectivity index (χ2n) is 4.40. The largest absolute Gasteiger partial charge is 0.417 e. The van der Waals surface area contributed by atoms with E-state index in [0.717, 1.165) is 10.0 Å². The van der Waals surface area contributed by atoms with Crippen LogP contribution in [0, 0.1) is 6.92 Å². The predicted octanol–water partition coefficient (Wildman–Crippen LogP) is 2.82. The number of aromatic nitrogens is 2. The van der Waals surface area contributed by atoms with Crippen LogP contribution in [-0.4, -0.2) is 15.8 Å². The van der Waals surface area contributed by atoms with Crippen LogP contribution in [0.4, 0.5) is 0 Å². The van der Waals surface area contributed by atoms with Gasteiger partial charge in [0, 0.05) is 28.0 Å². The Morgan fingerprint density at radius 2 is 2.05 bits per heavy atom. The maximum absolute atomic E-state index is 12.4. The zero-order valence-corrected chi connectivity index (χ0v) is 12.0. The fourth-order valence-corrected chi connectivity index (χ4v) is 2.42. The van der Waals surface area contributed by atoms with Crippen LogP contribution in [0.15, 0.2) is 44.3 Å². The number of aryl methyl sites for hydroxylation is 1. The number of nitrogens with one attached hydrogen (secondary N) is 1. The van der Waals surface area contributed by atoms with E-state index in [1.807, 2.05) is 6.92 Å². The van der Waals surface area contributed by atoms with Crippen LogP contribution in [0.3, 0.4) is 0 Å². The SMILES string of the molecule is Cc1cc(C(=O)c2cncc(Br)c2)cc2oc(=O)[nH]c12. The zero-order valence-electron chi connectivity index (χ0n) is 10.4. The van der Waals surface area contributed by atoms with E-state index >= 15 is 0 Å². The molecule has 20 heavy (non-hydrogen) atoms. The van der Waals surface area contributed by atoms with Gasteiger partial charge in [-0.15, -0.1) is 0 Å².